The molecule has 0 aromatic heterocycles. The van der Waals surface area contributed by atoms with Crippen molar-refractivity contribution >= 4 is 17.8 Å². The Bertz CT molecular complexity index is 528. The van der Waals surface area contributed by atoms with Gasteiger partial charge in [0.2, 0.25) is 5.91 Å². The van der Waals surface area contributed by atoms with E-state index in [9.17, 15) is 14.4 Å². The number of hydrogen-bond donors (Lipinski definition) is 3. The van der Waals surface area contributed by atoms with Gasteiger partial charge in [0.05, 0.1) is 0 Å². The van der Waals surface area contributed by atoms with E-state index in [1.807, 2.05) is 0 Å². The minimum atomic E-state index is -0.871. The molecule has 0 fully saturated rings. The van der Waals surface area contributed by atoms with E-state index < -0.39 is 24.0 Å². The van der Waals surface area contributed by atoms with Gasteiger partial charge in [-0.05, 0) is 32.7 Å². The van der Waals surface area contributed by atoms with Crippen molar-refractivity contribution in [3.05, 3.63) is 0 Å². The molecule has 0 aliphatic carbocycles. The molecule has 0 aliphatic heterocycles. The van der Waals surface area contributed by atoms with E-state index in [0.717, 1.165) is 25.7 Å². The summed E-state index contributed by atoms with van der Waals surface area (Å²) in [6.45, 7) is 4.30. The molecule has 0 bridgehead atoms. The van der Waals surface area contributed by atoms with Crippen molar-refractivity contribution in [3.63, 3.8) is 0 Å². The molecule has 0 spiro atoms. The summed E-state index contributed by atoms with van der Waals surface area (Å²) in [6.07, 6.45) is 21.4. The summed E-state index contributed by atoms with van der Waals surface area (Å²) in [4.78, 5) is 35.9. The van der Waals surface area contributed by atoms with Crippen molar-refractivity contribution in [1.29, 1.82) is 0 Å². The molecule has 0 aromatic carbocycles. The van der Waals surface area contributed by atoms with Gasteiger partial charge in [-0.15, -0.1) is 0 Å². The van der Waals surface area contributed by atoms with Crippen LogP contribution in [-0.2, 0) is 19.1 Å². The molecule has 2 atom stereocenters. The normalized spacial score (nSPS) is 12.8. The third-order valence-electron chi connectivity index (χ3n) is 6.21. The molecule has 5 N–H and O–H groups in total. The minimum absolute atomic E-state index is 0.196. The highest BCUT2D eigenvalue weighted by atomic mass is 16.6. The molecular weight excluding hydrogens is 430 g/mol. The molecule has 0 saturated carbocycles. The minimum Gasteiger partial charge on any atom is -0.390 e. The van der Waals surface area contributed by atoms with Gasteiger partial charge in [0.15, 0.2) is 0 Å². The number of nitrogens with one attached hydrogen (secondary N) is 1. The van der Waals surface area contributed by atoms with Crippen LogP contribution in [0.3, 0.4) is 0 Å². The predicted octanol–water partition coefficient (Wildman–Crippen LogP) is 5.28. The fourth-order valence-electron chi connectivity index (χ4n) is 3.92. The second kappa shape index (κ2) is 23.3. The van der Waals surface area contributed by atoms with Gasteiger partial charge in [-0.3, -0.25) is 4.79 Å². The molecule has 1 amide bonds. The van der Waals surface area contributed by atoms with Crippen molar-refractivity contribution in [2.24, 2.45) is 11.5 Å². The van der Waals surface area contributed by atoms with E-state index in [0.29, 0.717) is 25.8 Å². The number of unbranched alkanes of at least 4 members (excludes halogenated alkanes) is 15. The van der Waals surface area contributed by atoms with Crippen LogP contribution in [0.25, 0.3) is 0 Å². The highest BCUT2D eigenvalue weighted by molar-refractivity contribution is 5.92. The molecule has 0 heterocycles. The maximum absolute atomic E-state index is 12.0. The second-order valence-corrected chi connectivity index (χ2v) is 9.62. The molecule has 0 aromatic rings. The number of rotatable bonds is 23. The zero-order valence-corrected chi connectivity index (χ0v) is 22.1. The molecule has 200 valence electrons. The standard InChI is InChI=1S/C27H53N3O4/c1-3-4-5-6-7-8-9-10-11-12-13-14-15-16-17-21-25(31)30-23(2)26(32)34-27(33)24(29)20-18-19-22-28/h23-24H,3-22,28-29H2,1-2H3,(H,30,31)/t23-,24-/m0/s1. The summed E-state index contributed by atoms with van der Waals surface area (Å²) in [5.41, 5.74) is 11.1. The summed E-state index contributed by atoms with van der Waals surface area (Å²) in [5, 5.41) is 2.60. The molecule has 0 radical (unpaired) electrons. The zero-order chi connectivity index (χ0) is 25.4. The van der Waals surface area contributed by atoms with Gasteiger partial charge >= 0.3 is 11.9 Å². The van der Waals surface area contributed by atoms with Gasteiger partial charge in [0.1, 0.15) is 12.1 Å². The Morgan fingerprint density at radius 2 is 1.18 bits per heavy atom. The van der Waals surface area contributed by atoms with Crippen LogP contribution < -0.4 is 16.8 Å². The number of amides is 1. The molecule has 0 saturated heterocycles. The van der Waals surface area contributed by atoms with Crippen LogP contribution in [0.1, 0.15) is 136 Å². The first kappa shape index (κ1) is 32.5. The van der Waals surface area contributed by atoms with Gasteiger partial charge in [-0.2, -0.15) is 0 Å². The summed E-state index contributed by atoms with van der Waals surface area (Å²) >= 11 is 0. The van der Waals surface area contributed by atoms with E-state index in [-0.39, 0.29) is 5.91 Å². The Kier molecular flexibility index (Phi) is 22.3. The van der Waals surface area contributed by atoms with Crippen molar-refractivity contribution in [2.75, 3.05) is 6.54 Å². The zero-order valence-electron chi connectivity index (χ0n) is 22.1. The molecule has 7 heteroatoms. The lowest BCUT2D eigenvalue weighted by Crippen LogP contribution is -2.42. The number of carbonyl (C=O) groups is 3. The van der Waals surface area contributed by atoms with Crippen LogP contribution in [0, 0.1) is 0 Å². The van der Waals surface area contributed by atoms with Crippen LogP contribution in [0.2, 0.25) is 0 Å². The van der Waals surface area contributed by atoms with Crippen molar-refractivity contribution in [3.8, 4) is 0 Å². The van der Waals surface area contributed by atoms with E-state index in [2.05, 4.69) is 12.2 Å². The highest BCUT2D eigenvalue weighted by Gasteiger charge is 2.23. The lowest BCUT2D eigenvalue weighted by molar-refractivity contribution is -0.162. The second-order valence-electron chi connectivity index (χ2n) is 9.62. The van der Waals surface area contributed by atoms with Gasteiger partial charge in [0, 0.05) is 6.42 Å². The summed E-state index contributed by atoms with van der Waals surface area (Å²) in [7, 11) is 0. The van der Waals surface area contributed by atoms with Crippen LogP contribution in [0.5, 0.6) is 0 Å². The first-order valence-electron chi connectivity index (χ1n) is 13.9. The Hall–Kier alpha value is -1.47. The monoisotopic (exact) mass is 483 g/mol. The Labute approximate surface area is 208 Å². The quantitative estimate of drug-likeness (QED) is 0.103. The molecule has 34 heavy (non-hydrogen) atoms. The predicted molar refractivity (Wildman–Crippen MR) is 139 cm³/mol. The lowest BCUT2D eigenvalue weighted by Gasteiger charge is -2.14. The van der Waals surface area contributed by atoms with Gasteiger partial charge < -0.3 is 21.5 Å². The Morgan fingerprint density at radius 3 is 1.65 bits per heavy atom. The smallest absolute Gasteiger partial charge is 0.336 e. The molecule has 7 nitrogen and oxygen atoms in total. The number of carbonyl (C=O) groups excluding carboxylic acids is 3. The van der Waals surface area contributed by atoms with Crippen molar-refractivity contribution in [1.82, 2.24) is 5.32 Å². The van der Waals surface area contributed by atoms with E-state index in [1.54, 1.807) is 0 Å². The maximum atomic E-state index is 12.0. The highest BCUT2D eigenvalue weighted by Crippen LogP contribution is 2.13. The topological polar surface area (TPSA) is 125 Å². The fourth-order valence-corrected chi connectivity index (χ4v) is 3.92. The number of nitrogens with two attached hydrogens (primary N) is 2. The van der Waals surface area contributed by atoms with Gasteiger partial charge in [0.25, 0.3) is 0 Å². The SMILES string of the molecule is CCCCCCCCCCCCCCCCCC(=O)N[C@@H](C)C(=O)OC(=O)[C@@H](N)CCCCN. The molecule has 0 rings (SSSR count). The van der Waals surface area contributed by atoms with Gasteiger partial charge in [-0.25, -0.2) is 9.59 Å². The Morgan fingerprint density at radius 1 is 0.706 bits per heavy atom. The van der Waals surface area contributed by atoms with E-state index >= 15 is 0 Å². The fraction of sp³-hybridized carbons (Fsp3) is 0.889. The first-order valence-corrected chi connectivity index (χ1v) is 13.9. The van der Waals surface area contributed by atoms with Crippen LogP contribution in [0.15, 0.2) is 0 Å². The Balaban J connectivity index is 3.62. The van der Waals surface area contributed by atoms with Gasteiger partial charge in [-0.1, -0.05) is 103 Å². The third-order valence-corrected chi connectivity index (χ3v) is 6.21. The average Bonchev–Trinajstić information content (AvgIpc) is 2.81. The maximum Gasteiger partial charge on any atom is 0.336 e. The van der Waals surface area contributed by atoms with Crippen LogP contribution in [-0.4, -0.2) is 36.5 Å². The summed E-state index contributed by atoms with van der Waals surface area (Å²) in [5.74, 6) is -1.73. The average molecular weight is 484 g/mol. The van der Waals surface area contributed by atoms with Crippen molar-refractivity contribution < 1.29 is 19.1 Å². The lowest BCUT2D eigenvalue weighted by atomic mass is 10.0. The molecule has 0 aliphatic rings. The van der Waals surface area contributed by atoms with Crippen LogP contribution >= 0.6 is 0 Å². The van der Waals surface area contributed by atoms with E-state index in [1.165, 1.54) is 84.0 Å². The van der Waals surface area contributed by atoms with Crippen LogP contribution in [0.4, 0.5) is 0 Å². The first-order chi connectivity index (χ1) is 16.4. The summed E-state index contributed by atoms with van der Waals surface area (Å²) in [6, 6.07) is -1.72. The van der Waals surface area contributed by atoms with E-state index in [4.69, 9.17) is 16.2 Å². The number of esters is 2. The largest absolute Gasteiger partial charge is 0.390 e. The molecular formula is C27H53N3O4. The summed E-state index contributed by atoms with van der Waals surface area (Å²) < 4.78 is 4.79. The molecule has 0 unspecified atom stereocenters. The van der Waals surface area contributed by atoms with Crippen molar-refractivity contribution in [2.45, 2.75) is 148 Å². The number of hydrogen-bond acceptors (Lipinski definition) is 6. The third kappa shape index (κ3) is 20.0. The number of ether oxygens (including phenoxy) is 1.